The number of aliphatic carboxylic acids is 2. The Labute approximate surface area is 276 Å². The molecule has 2 aliphatic rings. The zero-order valence-electron chi connectivity index (χ0n) is 28.8. The second-order valence-electron chi connectivity index (χ2n) is 14.2. The van der Waals surface area contributed by atoms with Gasteiger partial charge in [0.1, 0.15) is 62.0 Å². The second kappa shape index (κ2) is 16.9. The average Bonchev–Trinajstić information content (AvgIpc) is 2.93. The summed E-state index contributed by atoms with van der Waals surface area (Å²) >= 11 is 0. The predicted molar refractivity (Wildman–Crippen MR) is 165 cm³/mol. The third-order valence-electron chi connectivity index (χ3n) is 8.38. The Morgan fingerprint density at radius 2 is 1.21 bits per heavy atom. The van der Waals surface area contributed by atoms with Crippen molar-refractivity contribution in [1.29, 1.82) is 0 Å². The van der Waals surface area contributed by atoms with E-state index in [0.29, 0.717) is 0 Å². The lowest BCUT2D eigenvalue weighted by Crippen LogP contribution is -2.67. The van der Waals surface area contributed by atoms with Crippen LogP contribution in [-0.2, 0) is 47.5 Å². The van der Waals surface area contributed by atoms with Crippen LogP contribution in [0.4, 0.5) is 0 Å². The fraction of sp³-hybridized carbons (Fsp3) is 0.844. The summed E-state index contributed by atoms with van der Waals surface area (Å²) in [5.74, 6) is -3.20. The van der Waals surface area contributed by atoms with Crippen LogP contribution in [0.15, 0.2) is 12.2 Å². The molecule has 0 amide bonds. The summed E-state index contributed by atoms with van der Waals surface area (Å²) in [5, 5.41) is 52.1. The molecule has 47 heavy (non-hydrogen) atoms. The lowest BCUT2D eigenvalue weighted by Gasteiger charge is -2.52. The molecule has 2 saturated heterocycles. The van der Waals surface area contributed by atoms with Crippen molar-refractivity contribution in [2.75, 3.05) is 26.4 Å². The van der Waals surface area contributed by atoms with Crippen molar-refractivity contribution >= 4 is 17.9 Å². The van der Waals surface area contributed by atoms with Gasteiger partial charge in [-0.3, -0.25) is 0 Å². The number of hydrogen-bond acceptors (Lipinski definition) is 13. The van der Waals surface area contributed by atoms with Crippen molar-refractivity contribution < 1.29 is 73.1 Å². The Balaban J connectivity index is 2.48. The predicted octanol–water partition coefficient (Wildman–Crippen LogP) is 0.934. The molecule has 2 rings (SSSR count). The van der Waals surface area contributed by atoms with Gasteiger partial charge in [-0.2, -0.15) is 0 Å². The van der Waals surface area contributed by atoms with Gasteiger partial charge in [-0.25, -0.2) is 14.4 Å². The molecule has 272 valence electrons. The molecule has 0 aromatic heterocycles. The fourth-order valence-electron chi connectivity index (χ4n) is 5.63. The minimum absolute atomic E-state index is 0.0698. The van der Waals surface area contributed by atoms with Gasteiger partial charge in [0.2, 0.25) is 0 Å². The van der Waals surface area contributed by atoms with E-state index in [2.05, 4.69) is 6.58 Å². The van der Waals surface area contributed by atoms with Crippen molar-refractivity contribution in [3.63, 3.8) is 0 Å². The largest absolute Gasteiger partial charge is 0.480 e. The second-order valence-corrected chi connectivity index (χ2v) is 14.2. The van der Waals surface area contributed by atoms with Crippen molar-refractivity contribution in [3.05, 3.63) is 12.2 Å². The Morgan fingerprint density at radius 1 is 0.745 bits per heavy atom. The van der Waals surface area contributed by atoms with Gasteiger partial charge < -0.3 is 58.7 Å². The number of aliphatic hydroxyl groups is 3. The normalized spacial score (nSPS) is 32.5. The highest BCUT2D eigenvalue weighted by molar-refractivity contribution is 5.87. The molecule has 15 heteroatoms. The molecule has 2 aliphatic heterocycles. The van der Waals surface area contributed by atoms with Gasteiger partial charge in [0.05, 0.1) is 31.5 Å². The van der Waals surface area contributed by atoms with E-state index in [1.54, 1.807) is 34.6 Å². The summed E-state index contributed by atoms with van der Waals surface area (Å²) in [6, 6.07) is 0. The summed E-state index contributed by atoms with van der Waals surface area (Å²) < 4.78 is 41.2. The monoisotopic (exact) mass is 678 g/mol. The molecule has 2 heterocycles. The number of hydrogen-bond donors (Lipinski definition) is 5. The van der Waals surface area contributed by atoms with E-state index in [4.69, 9.17) is 43.4 Å². The number of aliphatic hydroxyl groups excluding tert-OH is 3. The first-order valence-electron chi connectivity index (χ1n) is 15.7. The van der Waals surface area contributed by atoms with E-state index in [1.165, 1.54) is 6.92 Å². The third-order valence-corrected chi connectivity index (χ3v) is 8.38. The Hall–Kier alpha value is -2.21. The average molecular weight is 679 g/mol. The topological polar surface area (TPSA) is 217 Å². The zero-order chi connectivity index (χ0) is 36.0. The highest BCUT2D eigenvalue weighted by atomic mass is 16.6. The van der Waals surface area contributed by atoms with E-state index in [0.717, 1.165) is 0 Å². The number of ether oxygens (including phenoxy) is 7. The number of carbonyl (C=O) groups excluding carboxylic acids is 1. The summed E-state index contributed by atoms with van der Waals surface area (Å²) in [6.45, 7) is 17.3. The van der Waals surface area contributed by atoms with Crippen LogP contribution in [0.3, 0.4) is 0 Å². The first-order chi connectivity index (χ1) is 21.6. The van der Waals surface area contributed by atoms with Gasteiger partial charge >= 0.3 is 17.9 Å². The van der Waals surface area contributed by atoms with Crippen LogP contribution in [0.5, 0.6) is 0 Å². The fourth-order valence-corrected chi connectivity index (χ4v) is 5.63. The van der Waals surface area contributed by atoms with Crippen molar-refractivity contribution in [1.82, 2.24) is 0 Å². The molecule has 5 N–H and O–H groups in total. The van der Waals surface area contributed by atoms with Gasteiger partial charge in [-0.05, 0) is 33.1 Å². The summed E-state index contributed by atoms with van der Waals surface area (Å²) in [7, 11) is 0. The van der Waals surface area contributed by atoms with Crippen LogP contribution >= 0.6 is 0 Å². The molecular formula is C32H54O15. The van der Waals surface area contributed by atoms with E-state index in [-0.39, 0.29) is 18.8 Å². The summed E-state index contributed by atoms with van der Waals surface area (Å²) in [5.41, 5.74) is -1.69. The Morgan fingerprint density at radius 3 is 1.64 bits per heavy atom. The lowest BCUT2D eigenvalue weighted by molar-refractivity contribution is -0.301. The molecule has 0 bridgehead atoms. The first-order valence-corrected chi connectivity index (χ1v) is 15.7. The molecule has 0 saturated carbocycles. The van der Waals surface area contributed by atoms with E-state index in [9.17, 15) is 29.7 Å². The van der Waals surface area contributed by atoms with Gasteiger partial charge in [0, 0.05) is 11.0 Å². The molecule has 0 aromatic carbocycles. The van der Waals surface area contributed by atoms with Crippen molar-refractivity contribution in [2.24, 2.45) is 10.8 Å². The van der Waals surface area contributed by atoms with E-state index < -0.39 is 115 Å². The van der Waals surface area contributed by atoms with E-state index >= 15 is 0 Å². The number of esters is 1. The molecule has 11 atom stereocenters. The molecule has 15 nitrogen and oxygen atoms in total. The maximum atomic E-state index is 12.8. The minimum Gasteiger partial charge on any atom is -0.480 e. The van der Waals surface area contributed by atoms with Gasteiger partial charge in [0.15, 0.2) is 6.10 Å². The molecule has 0 aliphatic carbocycles. The number of rotatable bonds is 16. The van der Waals surface area contributed by atoms with Crippen LogP contribution in [-0.4, -0.2) is 143 Å². The molecule has 0 radical (unpaired) electrons. The third kappa shape index (κ3) is 10.9. The number of carboxylic acid groups (broad SMARTS) is 2. The smallest absolute Gasteiger partial charge is 0.333 e. The quantitative estimate of drug-likeness (QED) is 0.113. The highest BCUT2D eigenvalue weighted by Gasteiger charge is 2.56. The Bertz CT molecular complexity index is 1070. The van der Waals surface area contributed by atoms with Crippen LogP contribution in [0.2, 0.25) is 0 Å². The first kappa shape index (κ1) is 41.0. The van der Waals surface area contributed by atoms with Crippen LogP contribution in [0.25, 0.3) is 0 Å². The van der Waals surface area contributed by atoms with Crippen molar-refractivity contribution in [3.8, 4) is 0 Å². The van der Waals surface area contributed by atoms with Gasteiger partial charge in [-0.1, -0.05) is 41.2 Å². The minimum atomic E-state index is -1.47. The summed E-state index contributed by atoms with van der Waals surface area (Å²) in [4.78, 5) is 35.0. The van der Waals surface area contributed by atoms with Gasteiger partial charge in [0.25, 0.3) is 0 Å². The SMILES string of the molecule is C=C(C)C(=O)OC1C(O)C(OC(C)C)C(COCC(=O)O)OC1C(C)(C)C(C)OC1C(COCC(=O)O)OC(C(C)(C)C)C(O)C1O. The van der Waals surface area contributed by atoms with E-state index in [1.807, 2.05) is 20.8 Å². The summed E-state index contributed by atoms with van der Waals surface area (Å²) in [6.07, 6.45) is -13.1. The molecule has 2 fully saturated rings. The van der Waals surface area contributed by atoms with Crippen molar-refractivity contribution in [2.45, 2.75) is 136 Å². The molecule has 0 aromatic rings. The van der Waals surface area contributed by atoms with Crippen LogP contribution in [0, 0.1) is 10.8 Å². The molecular weight excluding hydrogens is 624 g/mol. The molecule has 0 spiro atoms. The Kier molecular flexibility index (Phi) is 14.8. The highest BCUT2D eigenvalue weighted by Crippen LogP contribution is 2.42. The van der Waals surface area contributed by atoms with Crippen LogP contribution < -0.4 is 0 Å². The number of carboxylic acids is 2. The van der Waals surface area contributed by atoms with Gasteiger partial charge in [-0.15, -0.1) is 0 Å². The van der Waals surface area contributed by atoms with Crippen LogP contribution in [0.1, 0.15) is 62.3 Å². The maximum absolute atomic E-state index is 12.8. The molecule has 11 unspecified atom stereocenters. The lowest BCUT2D eigenvalue weighted by atomic mass is 9.74. The zero-order valence-corrected chi connectivity index (χ0v) is 28.8. The number of carbonyl (C=O) groups is 3. The maximum Gasteiger partial charge on any atom is 0.333 e. The standard InChI is InChI=1S/C32H54O15/c1-15(2)30(40)47-27-24(39)26(43-16(3)4)19(12-42-14-21(35)36)46-29(27)32(9,10)17(5)44-25-18(11-41-13-20(33)34)45-28(31(6,7)8)23(38)22(25)37/h16-19,22-29,37-39H,1,11-14H2,2-10H3,(H,33,34)(H,35,36).